The van der Waals surface area contributed by atoms with E-state index >= 15 is 0 Å². The number of thioether (sulfide) groups is 1. The van der Waals surface area contributed by atoms with Crippen LogP contribution in [0.25, 0.3) is 0 Å². The number of nitrogens with one attached hydrogen (secondary N) is 4. The number of aromatic nitrogens is 2. The number of hydrogen-bond acceptors (Lipinski definition) is 4. The number of imidazole rings is 1. The lowest BCUT2D eigenvalue weighted by Crippen LogP contribution is -2.38. The van der Waals surface area contributed by atoms with E-state index < -0.39 is 0 Å². The van der Waals surface area contributed by atoms with Crippen molar-refractivity contribution in [3.8, 4) is 0 Å². The largest absolute Gasteiger partial charge is 0.357 e. The van der Waals surface area contributed by atoms with Gasteiger partial charge in [0.15, 0.2) is 5.96 Å². The highest BCUT2D eigenvalue weighted by molar-refractivity contribution is 7.98. The van der Waals surface area contributed by atoms with Gasteiger partial charge in [-0.1, -0.05) is 11.6 Å². The molecular formula is C14H20ClN5S2. The summed E-state index contributed by atoms with van der Waals surface area (Å²) in [5.74, 6) is 2.33. The highest BCUT2D eigenvalue weighted by Crippen LogP contribution is 2.24. The molecule has 0 amide bonds. The third-order valence-corrected chi connectivity index (χ3v) is 5.31. The third-order valence-electron chi connectivity index (χ3n) is 2.89. The van der Waals surface area contributed by atoms with Crippen molar-refractivity contribution in [3.63, 3.8) is 0 Å². The normalized spacial score (nSPS) is 10.6. The molecule has 0 aliphatic rings. The molecule has 0 spiro atoms. The SMILES string of the molecule is N=C(NCCCc1c[nH]cn1)NCCSCc1ccc(Cl)s1. The van der Waals surface area contributed by atoms with Crippen LogP contribution >= 0.6 is 34.7 Å². The van der Waals surface area contributed by atoms with Crippen molar-refractivity contribution >= 4 is 40.7 Å². The van der Waals surface area contributed by atoms with Crippen LogP contribution in [0.3, 0.4) is 0 Å². The van der Waals surface area contributed by atoms with Crippen molar-refractivity contribution in [1.82, 2.24) is 20.6 Å². The number of guanidine groups is 1. The van der Waals surface area contributed by atoms with Gasteiger partial charge in [-0.15, -0.1) is 11.3 Å². The standard InChI is InChI=1S/C14H20ClN5S2/c15-13-4-3-12(22-13)9-21-7-6-19-14(16)18-5-1-2-11-8-17-10-20-11/h3-4,8,10H,1-2,5-7,9H2,(H,17,20)(H3,16,18,19). The Hall–Kier alpha value is -1.18. The van der Waals surface area contributed by atoms with Gasteiger partial charge >= 0.3 is 0 Å². The molecule has 2 aromatic rings. The fraction of sp³-hybridized carbons (Fsp3) is 0.429. The number of rotatable bonds is 9. The Kier molecular flexibility index (Phi) is 7.62. The monoisotopic (exact) mass is 357 g/mol. The van der Waals surface area contributed by atoms with Gasteiger partial charge < -0.3 is 15.6 Å². The molecule has 8 heteroatoms. The molecule has 120 valence electrons. The molecule has 0 aliphatic carbocycles. The maximum atomic E-state index is 7.78. The first kappa shape index (κ1) is 17.2. The molecular weight excluding hydrogens is 338 g/mol. The van der Waals surface area contributed by atoms with Gasteiger partial charge in [0.05, 0.1) is 16.4 Å². The summed E-state index contributed by atoms with van der Waals surface area (Å²) in [7, 11) is 0. The van der Waals surface area contributed by atoms with Crippen LogP contribution in [0.2, 0.25) is 4.34 Å². The summed E-state index contributed by atoms with van der Waals surface area (Å²) in [5, 5.41) is 13.9. The zero-order valence-corrected chi connectivity index (χ0v) is 14.6. The van der Waals surface area contributed by atoms with E-state index in [1.807, 2.05) is 24.0 Å². The van der Waals surface area contributed by atoms with E-state index in [0.717, 1.165) is 47.5 Å². The minimum Gasteiger partial charge on any atom is -0.357 e. The molecule has 2 heterocycles. The van der Waals surface area contributed by atoms with Crippen LogP contribution in [0, 0.1) is 5.41 Å². The van der Waals surface area contributed by atoms with Crippen LogP contribution in [0.4, 0.5) is 0 Å². The van der Waals surface area contributed by atoms with Crippen LogP contribution in [-0.4, -0.2) is 34.8 Å². The number of halogens is 1. The maximum Gasteiger partial charge on any atom is 0.188 e. The first-order valence-corrected chi connectivity index (χ1v) is 9.45. The highest BCUT2D eigenvalue weighted by Gasteiger charge is 1.99. The Labute approximate surface area is 143 Å². The molecule has 0 aliphatic heterocycles. The molecule has 22 heavy (non-hydrogen) atoms. The number of hydrogen-bond donors (Lipinski definition) is 4. The number of thiophene rings is 1. The third kappa shape index (κ3) is 6.72. The van der Waals surface area contributed by atoms with Crippen molar-refractivity contribution in [1.29, 1.82) is 5.41 Å². The Morgan fingerprint density at radius 2 is 2.23 bits per heavy atom. The first-order chi connectivity index (χ1) is 10.7. The quantitative estimate of drug-likeness (QED) is 0.316. The fourth-order valence-electron chi connectivity index (χ4n) is 1.82. The summed E-state index contributed by atoms with van der Waals surface area (Å²) in [6.45, 7) is 1.56. The van der Waals surface area contributed by atoms with Gasteiger partial charge in [0.25, 0.3) is 0 Å². The van der Waals surface area contributed by atoms with Crippen molar-refractivity contribution in [2.75, 3.05) is 18.8 Å². The molecule has 0 radical (unpaired) electrons. The lowest BCUT2D eigenvalue weighted by molar-refractivity contribution is 0.739. The molecule has 0 unspecified atom stereocenters. The van der Waals surface area contributed by atoms with Crippen molar-refractivity contribution in [2.45, 2.75) is 18.6 Å². The van der Waals surface area contributed by atoms with E-state index in [9.17, 15) is 0 Å². The van der Waals surface area contributed by atoms with E-state index in [0.29, 0.717) is 5.96 Å². The van der Waals surface area contributed by atoms with Crippen molar-refractivity contribution in [3.05, 3.63) is 39.6 Å². The van der Waals surface area contributed by atoms with E-state index in [1.54, 1.807) is 17.7 Å². The highest BCUT2D eigenvalue weighted by atomic mass is 35.5. The first-order valence-electron chi connectivity index (χ1n) is 7.10. The zero-order valence-electron chi connectivity index (χ0n) is 12.2. The van der Waals surface area contributed by atoms with E-state index in [4.69, 9.17) is 17.0 Å². The van der Waals surface area contributed by atoms with Gasteiger partial charge in [-0.05, 0) is 25.0 Å². The molecule has 0 aromatic carbocycles. The van der Waals surface area contributed by atoms with Gasteiger partial charge in [-0.25, -0.2) is 4.98 Å². The number of H-pyrrole nitrogens is 1. The molecule has 0 saturated heterocycles. The lowest BCUT2D eigenvalue weighted by atomic mass is 10.2. The zero-order chi connectivity index (χ0) is 15.6. The van der Waals surface area contributed by atoms with Gasteiger partial charge in [0, 0.05) is 35.7 Å². The second-order valence-corrected chi connectivity index (χ2v) is 7.56. The molecule has 5 nitrogen and oxygen atoms in total. The van der Waals surface area contributed by atoms with Gasteiger partial charge in [0.2, 0.25) is 0 Å². The number of nitrogens with zero attached hydrogens (tertiary/aromatic N) is 1. The predicted molar refractivity (Wildman–Crippen MR) is 96.1 cm³/mol. The Bertz CT molecular complexity index is 555. The fourth-order valence-corrected chi connectivity index (χ4v) is 3.88. The molecule has 0 fully saturated rings. The topological polar surface area (TPSA) is 76.6 Å². The van der Waals surface area contributed by atoms with Gasteiger partial charge in [-0.2, -0.15) is 11.8 Å². The van der Waals surface area contributed by atoms with Gasteiger partial charge in [0.1, 0.15) is 0 Å². The van der Waals surface area contributed by atoms with Crippen molar-refractivity contribution in [2.24, 2.45) is 0 Å². The molecule has 4 N–H and O–H groups in total. The molecule has 2 rings (SSSR count). The predicted octanol–water partition coefficient (Wildman–Crippen LogP) is 3.10. The Morgan fingerprint density at radius 3 is 2.95 bits per heavy atom. The van der Waals surface area contributed by atoms with Crippen LogP contribution in [0.1, 0.15) is 17.0 Å². The second-order valence-electron chi connectivity index (χ2n) is 4.65. The van der Waals surface area contributed by atoms with E-state index in [-0.39, 0.29) is 0 Å². The summed E-state index contributed by atoms with van der Waals surface area (Å²) in [4.78, 5) is 8.40. The van der Waals surface area contributed by atoms with Crippen LogP contribution in [-0.2, 0) is 12.2 Å². The smallest absolute Gasteiger partial charge is 0.188 e. The average molecular weight is 358 g/mol. The van der Waals surface area contributed by atoms with E-state index in [1.165, 1.54) is 4.88 Å². The minimum atomic E-state index is 0.391. The molecule has 0 saturated carbocycles. The van der Waals surface area contributed by atoms with Crippen molar-refractivity contribution < 1.29 is 0 Å². The molecule has 0 atom stereocenters. The van der Waals surface area contributed by atoms with Crippen LogP contribution in [0.15, 0.2) is 24.7 Å². The number of aromatic amines is 1. The second kappa shape index (κ2) is 9.76. The lowest BCUT2D eigenvalue weighted by Gasteiger charge is -2.09. The molecule has 2 aromatic heterocycles. The summed E-state index contributed by atoms with van der Waals surface area (Å²) in [6.07, 6.45) is 5.47. The summed E-state index contributed by atoms with van der Waals surface area (Å²) in [5.41, 5.74) is 1.06. The number of aryl methyl sites for hydroxylation is 1. The molecule has 0 bridgehead atoms. The van der Waals surface area contributed by atoms with Crippen LogP contribution < -0.4 is 10.6 Å². The summed E-state index contributed by atoms with van der Waals surface area (Å²) >= 11 is 9.36. The Balaban J connectivity index is 1.44. The Morgan fingerprint density at radius 1 is 1.36 bits per heavy atom. The summed E-state index contributed by atoms with van der Waals surface area (Å²) in [6, 6.07) is 4.00. The maximum absolute atomic E-state index is 7.78. The van der Waals surface area contributed by atoms with E-state index in [2.05, 4.69) is 26.7 Å². The van der Waals surface area contributed by atoms with Gasteiger partial charge in [-0.3, -0.25) is 5.41 Å². The summed E-state index contributed by atoms with van der Waals surface area (Å²) < 4.78 is 0.842. The van der Waals surface area contributed by atoms with Crippen LogP contribution in [0.5, 0.6) is 0 Å². The minimum absolute atomic E-state index is 0.391. The average Bonchev–Trinajstić information content (AvgIpc) is 3.15.